The average molecular weight is 166 g/mol. The summed E-state index contributed by atoms with van der Waals surface area (Å²) in [5, 5.41) is 8.80. The molecule has 3 nitrogen and oxygen atoms in total. The van der Waals surface area contributed by atoms with Crippen molar-refractivity contribution in [2.75, 3.05) is 6.61 Å². The van der Waals surface area contributed by atoms with Crippen LogP contribution in [0.15, 0.2) is 18.5 Å². The largest absolute Gasteiger partial charge is 0.394 e. The van der Waals surface area contributed by atoms with E-state index in [0.717, 1.165) is 17.5 Å². The van der Waals surface area contributed by atoms with E-state index in [-0.39, 0.29) is 12.6 Å². The Labute approximate surface area is 72.2 Å². The number of hydrogen-bond acceptors (Lipinski definition) is 3. The lowest BCUT2D eigenvalue weighted by Gasteiger charge is -2.08. The van der Waals surface area contributed by atoms with Gasteiger partial charge in [0.05, 0.1) is 12.6 Å². The third-order valence-electron chi connectivity index (χ3n) is 1.85. The molecule has 1 aromatic rings. The summed E-state index contributed by atoms with van der Waals surface area (Å²) >= 11 is 0. The molecule has 3 N–H and O–H groups in total. The van der Waals surface area contributed by atoms with E-state index in [9.17, 15) is 0 Å². The zero-order valence-corrected chi connectivity index (χ0v) is 7.20. The van der Waals surface area contributed by atoms with Gasteiger partial charge < -0.3 is 10.8 Å². The topological polar surface area (TPSA) is 59.1 Å². The second-order valence-electron chi connectivity index (χ2n) is 2.77. The van der Waals surface area contributed by atoms with Crippen LogP contribution >= 0.6 is 0 Å². The molecule has 1 aromatic heterocycles. The molecule has 0 fully saturated rings. The molecule has 0 spiro atoms. The maximum Gasteiger partial charge on any atom is 0.0624 e. The van der Waals surface area contributed by atoms with Gasteiger partial charge in [-0.3, -0.25) is 4.98 Å². The van der Waals surface area contributed by atoms with Crippen LogP contribution in [0.3, 0.4) is 0 Å². The highest BCUT2D eigenvalue weighted by molar-refractivity contribution is 5.20. The standard InChI is InChI=1S/C9H14N2O/c1-2-7-3-8(5-11-4-7)9(10)6-12/h3-5,9,12H,2,6,10H2,1H3. The molecule has 0 bridgehead atoms. The second kappa shape index (κ2) is 4.18. The quantitative estimate of drug-likeness (QED) is 0.692. The fourth-order valence-electron chi connectivity index (χ4n) is 1.01. The van der Waals surface area contributed by atoms with Crippen LogP contribution < -0.4 is 5.73 Å². The van der Waals surface area contributed by atoms with Crippen LogP contribution in [-0.2, 0) is 6.42 Å². The van der Waals surface area contributed by atoms with Crippen molar-refractivity contribution >= 4 is 0 Å². The molecule has 0 aliphatic heterocycles. The zero-order valence-electron chi connectivity index (χ0n) is 7.20. The number of rotatable bonds is 3. The van der Waals surface area contributed by atoms with Gasteiger partial charge in [0.25, 0.3) is 0 Å². The number of aliphatic hydroxyl groups is 1. The van der Waals surface area contributed by atoms with E-state index in [1.165, 1.54) is 0 Å². The van der Waals surface area contributed by atoms with Crippen LogP contribution in [0.25, 0.3) is 0 Å². The number of nitrogens with two attached hydrogens (primary N) is 1. The van der Waals surface area contributed by atoms with Crippen molar-refractivity contribution in [3.63, 3.8) is 0 Å². The molecule has 0 aliphatic carbocycles. The van der Waals surface area contributed by atoms with Gasteiger partial charge in [-0.1, -0.05) is 13.0 Å². The van der Waals surface area contributed by atoms with Crippen molar-refractivity contribution in [1.82, 2.24) is 4.98 Å². The molecule has 1 rings (SSSR count). The van der Waals surface area contributed by atoms with Gasteiger partial charge in [0.2, 0.25) is 0 Å². The summed E-state index contributed by atoms with van der Waals surface area (Å²) < 4.78 is 0. The third-order valence-corrected chi connectivity index (χ3v) is 1.85. The van der Waals surface area contributed by atoms with Crippen LogP contribution in [0.2, 0.25) is 0 Å². The smallest absolute Gasteiger partial charge is 0.0624 e. The highest BCUT2D eigenvalue weighted by Crippen LogP contribution is 2.10. The van der Waals surface area contributed by atoms with Crippen LogP contribution in [0, 0.1) is 0 Å². The molecule has 0 aliphatic rings. The zero-order chi connectivity index (χ0) is 8.97. The normalized spacial score (nSPS) is 12.9. The summed E-state index contributed by atoms with van der Waals surface area (Å²) in [5.74, 6) is 0. The van der Waals surface area contributed by atoms with E-state index in [4.69, 9.17) is 10.8 Å². The van der Waals surface area contributed by atoms with Crippen molar-refractivity contribution < 1.29 is 5.11 Å². The summed E-state index contributed by atoms with van der Waals surface area (Å²) in [6.07, 6.45) is 4.45. The van der Waals surface area contributed by atoms with Gasteiger partial charge in [-0.2, -0.15) is 0 Å². The molecule has 0 amide bonds. The Morgan fingerprint density at radius 3 is 2.92 bits per heavy atom. The van der Waals surface area contributed by atoms with E-state index in [1.807, 2.05) is 12.3 Å². The van der Waals surface area contributed by atoms with Crippen molar-refractivity contribution in [1.29, 1.82) is 0 Å². The molecular formula is C9H14N2O. The summed E-state index contributed by atoms with van der Waals surface area (Å²) in [6, 6.07) is 1.68. The van der Waals surface area contributed by atoms with Crippen molar-refractivity contribution in [3.05, 3.63) is 29.6 Å². The van der Waals surface area contributed by atoms with Crippen molar-refractivity contribution in [3.8, 4) is 0 Å². The Kier molecular flexibility index (Phi) is 3.19. The van der Waals surface area contributed by atoms with E-state index in [0.29, 0.717) is 0 Å². The molecule has 0 saturated carbocycles. The molecule has 1 atom stereocenters. The first kappa shape index (κ1) is 9.16. The maximum absolute atomic E-state index is 8.80. The molecule has 0 saturated heterocycles. The lowest BCUT2D eigenvalue weighted by atomic mass is 10.1. The minimum Gasteiger partial charge on any atom is -0.394 e. The van der Waals surface area contributed by atoms with Gasteiger partial charge in [-0.05, 0) is 17.5 Å². The Morgan fingerprint density at radius 2 is 2.33 bits per heavy atom. The summed E-state index contributed by atoms with van der Waals surface area (Å²) in [4.78, 5) is 4.03. The predicted molar refractivity (Wildman–Crippen MR) is 47.6 cm³/mol. The highest BCUT2D eigenvalue weighted by atomic mass is 16.3. The first-order valence-electron chi connectivity index (χ1n) is 4.08. The fraction of sp³-hybridized carbons (Fsp3) is 0.444. The Balaban J connectivity index is 2.86. The summed E-state index contributed by atoms with van der Waals surface area (Å²) in [6.45, 7) is 2.03. The first-order chi connectivity index (χ1) is 5.77. The molecule has 66 valence electrons. The average Bonchev–Trinajstić information content (AvgIpc) is 2.17. The molecule has 0 aromatic carbocycles. The fourth-order valence-corrected chi connectivity index (χ4v) is 1.01. The number of aliphatic hydroxyl groups excluding tert-OH is 1. The van der Waals surface area contributed by atoms with E-state index >= 15 is 0 Å². The number of aryl methyl sites for hydroxylation is 1. The van der Waals surface area contributed by atoms with Crippen LogP contribution in [0.4, 0.5) is 0 Å². The number of aromatic nitrogens is 1. The molecule has 1 heterocycles. The summed E-state index contributed by atoms with van der Waals surface area (Å²) in [5.41, 5.74) is 7.68. The van der Waals surface area contributed by atoms with Crippen LogP contribution in [-0.4, -0.2) is 16.7 Å². The van der Waals surface area contributed by atoms with E-state index < -0.39 is 0 Å². The lowest BCUT2D eigenvalue weighted by molar-refractivity contribution is 0.267. The number of nitrogens with zero attached hydrogens (tertiary/aromatic N) is 1. The van der Waals surface area contributed by atoms with Gasteiger partial charge in [0.15, 0.2) is 0 Å². The van der Waals surface area contributed by atoms with Crippen molar-refractivity contribution in [2.45, 2.75) is 19.4 Å². The number of hydrogen-bond donors (Lipinski definition) is 2. The lowest BCUT2D eigenvalue weighted by Crippen LogP contribution is -2.14. The molecule has 12 heavy (non-hydrogen) atoms. The highest BCUT2D eigenvalue weighted by Gasteiger charge is 2.04. The molecule has 0 radical (unpaired) electrons. The van der Waals surface area contributed by atoms with Crippen LogP contribution in [0.5, 0.6) is 0 Å². The van der Waals surface area contributed by atoms with E-state index in [2.05, 4.69) is 11.9 Å². The van der Waals surface area contributed by atoms with Gasteiger partial charge in [0.1, 0.15) is 0 Å². The Morgan fingerprint density at radius 1 is 1.58 bits per heavy atom. The first-order valence-corrected chi connectivity index (χ1v) is 4.08. The SMILES string of the molecule is CCc1cncc(C(N)CO)c1. The molecule has 3 heteroatoms. The number of pyridine rings is 1. The van der Waals surface area contributed by atoms with Gasteiger partial charge in [-0.25, -0.2) is 0 Å². The Bertz CT molecular complexity index is 250. The minimum absolute atomic E-state index is 0.0329. The second-order valence-corrected chi connectivity index (χ2v) is 2.77. The summed E-state index contributed by atoms with van der Waals surface area (Å²) in [7, 11) is 0. The Hall–Kier alpha value is -0.930. The van der Waals surface area contributed by atoms with Crippen molar-refractivity contribution in [2.24, 2.45) is 5.73 Å². The van der Waals surface area contributed by atoms with E-state index in [1.54, 1.807) is 6.20 Å². The third kappa shape index (κ3) is 2.03. The van der Waals surface area contributed by atoms with Crippen LogP contribution in [0.1, 0.15) is 24.1 Å². The monoisotopic (exact) mass is 166 g/mol. The maximum atomic E-state index is 8.80. The minimum atomic E-state index is -0.302. The van der Waals surface area contributed by atoms with Gasteiger partial charge in [0, 0.05) is 12.4 Å². The molecule has 1 unspecified atom stereocenters. The van der Waals surface area contributed by atoms with Gasteiger partial charge >= 0.3 is 0 Å². The predicted octanol–water partition coefficient (Wildman–Crippen LogP) is 0.636. The van der Waals surface area contributed by atoms with Gasteiger partial charge in [-0.15, -0.1) is 0 Å². The molecular weight excluding hydrogens is 152 g/mol.